The van der Waals surface area contributed by atoms with Gasteiger partial charge in [-0.2, -0.15) is 0 Å². The summed E-state index contributed by atoms with van der Waals surface area (Å²) >= 11 is 0. The van der Waals surface area contributed by atoms with E-state index in [1.165, 1.54) is 16.7 Å². The second kappa shape index (κ2) is 8.21. The molecule has 1 aromatic heterocycles. The number of hydrogen-bond acceptors (Lipinski definition) is 3. The topological polar surface area (TPSA) is 42.2 Å². The lowest BCUT2D eigenvalue weighted by Crippen LogP contribution is -2.22. The lowest BCUT2D eigenvalue weighted by Gasteiger charge is -2.21. The quantitative estimate of drug-likeness (QED) is 0.282. The van der Waals surface area contributed by atoms with Crippen LogP contribution in [-0.4, -0.2) is 0 Å². The lowest BCUT2D eigenvalue weighted by molar-refractivity contribution is 0.553. The average Bonchev–Trinajstić information content (AvgIpc) is 2.80. The van der Waals surface area contributed by atoms with Crippen molar-refractivity contribution in [2.75, 3.05) is 0 Å². The summed E-state index contributed by atoms with van der Waals surface area (Å²) in [4.78, 5) is 12.3. The number of rotatable bonds is 5. The van der Waals surface area contributed by atoms with Crippen LogP contribution in [0, 0.1) is 6.92 Å². The number of hydrogen-bond donors (Lipinski definition) is 1. The molecule has 0 saturated carbocycles. The van der Waals surface area contributed by atoms with Crippen LogP contribution < -0.4 is 10.9 Å². The van der Waals surface area contributed by atoms with Gasteiger partial charge in [0.15, 0.2) is 0 Å². The zero-order valence-electron chi connectivity index (χ0n) is 17.3. The van der Waals surface area contributed by atoms with Crippen LogP contribution in [0.4, 0.5) is 0 Å². The molecule has 0 aliphatic carbocycles. The molecule has 5 aromatic rings. The van der Waals surface area contributed by atoms with E-state index in [9.17, 15) is 4.79 Å². The molecule has 3 heteroatoms. The summed E-state index contributed by atoms with van der Waals surface area (Å²) in [5.74, 6) is 0. The Morgan fingerprint density at radius 3 is 2.32 bits per heavy atom. The molecule has 0 aliphatic heterocycles. The smallest absolute Gasteiger partial charge is 0.336 e. The zero-order valence-corrected chi connectivity index (χ0v) is 17.3. The van der Waals surface area contributed by atoms with Crippen molar-refractivity contribution in [3.63, 3.8) is 0 Å². The molecule has 1 N–H and O–H groups in total. The Balaban J connectivity index is 1.58. The fourth-order valence-electron chi connectivity index (χ4n) is 4.20. The summed E-state index contributed by atoms with van der Waals surface area (Å²) < 4.78 is 5.52. The molecule has 0 spiro atoms. The first-order valence-electron chi connectivity index (χ1n) is 10.5. The van der Waals surface area contributed by atoms with Crippen molar-refractivity contribution >= 4 is 21.7 Å². The summed E-state index contributed by atoms with van der Waals surface area (Å²) in [7, 11) is 0. The number of fused-ring (bicyclic) bond motifs is 3. The van der Waals surface area contributed by atoms with Gasteiger partial charge in [0.05, 0.1) is 6.04 Å². The summed E-state index contributed by atoms with van der Waals surface area (Å²) in [6.07, 6.45) is 0. The molecule has 5 rings (SSSR count). The van der Waals surface area contributed by atoms with E-state index in [0.29, 0.717) is 12.1 Å². The Labute approximate surface area is 181 Å². The molecule has 0 amide bonds. The largest absolute Gasteiger partial charge is 0.423 e. The number of aryl methyl sites for hydroxylation is 1. The first-order valence-corrected chi connectivity index (χ1v) is 10.5. The maximum absolute atomic E-state index is 12.3. The fourth-order valence-corrected chi connectivity index (χ4v) is 4.20. The highest BCUT2D eigenvalue weighted by atomic mass is 16.4. The molecule has 0 aliphatic rings. The van der Waals surface area contributed by atoms with E-state index >= 15 is 0 Å². The van der Waals surface area contributed by atoms with Gasteiger partial charge in [0, 0.05) is 18.0 Å². The van der Waals surface area contributed by atoms with Gasteiger partial charge in [-0.25, -0.2) is 4.79 Å². The molecule has 0 bridgehead atoms. The van der Waals surface area contributed by atoms with E-state index in [0.717, 1.165) is 21.7 Å². The van der Waals surface area contributed by atoms with Crippen molar-refractivity contribution in [2.24, 2.45) is 0 Å². The van der Waals surface area contributed by atoms with Crippen molar-refractivity contribution < 1.29 is 4.42 Å². The lowest BCUT2D eigenvalue weighted by atomic mass is 9.97. The van der Waals surface area contributed by atoms with Crippen molar-refractivity contribution in [3.8, 4) is 0 Å². The maximum Gasteiger partial charge on any atom is 0.336 e. The first kappa shape index (κ1) is 19.3. The molecule has 0 saturated heterocycles. The second-order valence-corrected chi connectivity index (χ2v) is 7.89. The molecule has 0 fully saturated rings. The van der Waals surface area contributed by atoms with E-state index in [4.69, 9.17) is 4.42 Å². The average molecular weight is 405 g/mol. The number of benzene rings is 4. The first-order chi connectivity index (χ1) is 15.2. The molecule has 4 aromatic carbocycles. The monoisotopic (exact) mass is 405 g/mol. The predicted molar refractivity (Wildman–Crippen MR) is 126 cm³/mol. The molecule has 1 atom stereocenters. The van der Waals surface area contributed by atoms with Gasteiger partial charge < -0.3 is 9.73 Å². The maximum atomic E-state index is 12.3. The highest BCUT2D eigenvalue weighted by Crippen LogP contribution is 2.29. The number of nitrogens with one attached hydrogen (secondary N) is 1. The summed E-state index contributed by atoms with van der Waals surface area (Å²) in [6.45, 7) is 2.64. The Morgan fingerprint density at radius 2 is 1.52 bits per heavy atom. The molecular formula is C28H23NO2. The molecule has 31 heavy (non-hydrogen) atoms. The Morgan fingerprint density at radius 1 is 0.806 bits per heavy atom. The summed E-state index contributed by atoms with van der Waals surface area (Å²) in [5, 5.41) is 6.90. The minimum Gasteiger partial charge on any atom is -0.423 e. The van der Waals surface area contributed by atoms with Gasteiger partial charge >= 0.3 is 5.63 Å². The molecule has 1 heterocycles. The van der Waals surface area contributed by atoms with Gasteiger partial charge in [-0.1, -0.05) is 90.5 Å². The van der Waals surface area contributed by atoms with Crippen LogP contribution in [0.1, 0.15) is 28.3 Å². The minimum absolute atomic E-state index is 0.0130. The van der Waals surface area contributed by atoms with Gasteiger partial charge in [0.2, 0.25) is 0 Å². The molecule has 152 valence electrons. The van der Waals surface area contributed by atoms with Gasteiger partial charge in [-0.05, 0) is 40.5 Å². The van der Waals surface area contributed by atoms with Crippen LogP contribution in [-0.2, 0) is 6.54 Å². The van der Waals surface area contributed by atoms with Gasteiger partial charge in [0.1, 0.15) is 5.58 Å². The third-order valence-electron chi connectivity index (χ3n) is 5.75. The standard InChI is InChI=1S/C28H23NO2/c1-19-11-13-22(14-12-19)28(21-8-3-2-4-9-21)29-18-23-17-26(30)31-25-16-15-20-7-5-6-10-24(20)27(23)25/h2-17,28-29H,18H2,1H3/t28-/m1/s1. The van der Waals surface area contributed by atoms with Gasteiger partial charge in [0.25, 0.3) is 0 Å². The third kappa shape index (κ3) is 3.88. The van der Waals surface area contributed by atoms with Crippen molar-refractivity contribution in [1.29, 1.82) is 0 Å². The van der Waals surface area contributed by atoms with E-state index in [1.807, 2.05) is 30.3 Å². The molecular weight excluding hydrogens is 382 g/mol. The van der Waals surface area contributed by atoms with E-state index in [1.54, 1.807) is 6.07 Å². The van der Waals surface area contributed by atoms with Crippen LogP contribution in [0.15, 0.2) is 106 Å². The normalized spacial score (nSPS) is 12.3. The second-order valence-electron chi connectivity index (χ2n) is 7.89. The van der Waals surface area contributed by atoms with Crippen LogP contribution in [0.3, 0.4) is 0 Å². The van der Waals surface area contributed by atoms with Crippen LogP contribution in [0.25, 0.3) is 21.7 Å². The van der Waals surface area contributed by atoms with Crippen LogP contribution in [0.5, 0.6) is 0 Å². The summed E-state index contributed by atoms with van der Waals surface area (Å²) in [6, 6.07) is 32.7. The Kier molecular flexibility index (Phi) is 5.11. The Bertz CT molecular complexity index is 1400. The third-order valence-corrected chi connectivity index (χ3v) is 5.75. The van der Waals surface area contributed by atoms with Crippen molar-refractivity contribution in [1.82, 2.24) is 5.32 Å². The van der Waals surface area contributed by atoms with Crippen molar-refractivity contribution in [3.05, 3.63) is 130 Å². The fraction of sp³-hybridized carbons (Fsp3) is 0.107. The minimum atomic E-state index is -0.328. The molecule has 0 radical (unpaired) electrons. The highest BCUT2D eigenvalue weighted by molar-refractivity contribution is 6.07. The zero-order chi connectivity index (χ0) is 21.2. The van der Waals surface area contributed by atoms with Crippen LogP contribution in [0.2, 0.25) is 0 Å². The SMILES string of the molecule is Cc1ccc([C@H](NCc2cc(=O)oc3ccc4ccccc4c23)c2ccccc2)cc1. The van der Waals surface area contributed by atoms with Crippen LogP contribution >= 0.6 is 0 Å². The van der Waals surface area contributed by atoms with E-state index < -0.39 is 0 Å². The van der Waals surface area contributed by atoms with E-state index in [2.05, 4.69) is 72.9 Å². The highest BCUT2D eigenvalue weighted by Gasteiger charge is 2.16. The predicted octanol–water partition coefficient (Wildman–Crippen LogP) is 6.13. The van der Waals surface area contributed by atoms with E-state index in [-0.39, 0.29) is 11.7 Å². The van der Waals surface area contributed by atoms with Gasteiger partial charge in [-0.15, -0.1) is 0 Å². The van der Waals surface area contributed by atoms with Gasteiger partial charge in [-0.3, -0.25) is 0 Å². The van der Waals surface area contributed by atoms with Crippen molar-refractivity contribution in [2.45, 2.75) is 19.5 Å². The summed E-state index contributed by atoms with van der Waals surface area (Å²) in [5.41, 5.74) is 4.84. The molecule has 3 nitrogen and oxygen atoms in total. The Hall–Kier alpha value is -3.69. The molecule has 0 unspecified atom stereocenters.